The molecule has 0 saturated carbocycles. The number of rotatable bonds is 1. The summed E-state index contributed by atoms with van der Waals surface area (Å²) < 4.78 is 2.01. The maximum absolute atomic E-state index is 10.9. The minimum atomic E-state index is -0.0244. The zero-order valence-electron chi connectivity index (χ0n) is 8.86. The molecule has 0 unspecified atom stereocenters. The Bertz CT molecular complexity index is 325. The Morgan fingerprint density at radius 3 is 2.08 bits per heavy atom. The van der Waals surface area contributed by atoms with E-state index >= 15 is 0 Å². The number of hydrogen-bond donors (Lipinski definition) is 1. The third kappa shape index (κ3) is 1.59. The summed E-state index contributed by atoms with van der Waals surface area (Å²) in [6, 6.07) is 0. The number of anilines is 1. The predicted octanol–water partition coefficient (Wildman–Crippen LogP) is 1.91. The quantitative estimate of drug-likeness (QED) is 0.703. The van der Waals surface area contributed by atoms with Gasteiger partial charge < -0.3 is 9.88 Å². The van der Waals surface area contributed by atoms with E-state index in [1.807, 2.05) is 25.5 Å². The first-order chi connectivity index (χ1) is 5.95. The van der Waals surface area contributed by atoms with E-state index < -0.39 is 0 Å². The third-order valence-electron chi connectivity index (χ3n) is 2.59. The Morgan fingerprint density at radius 1 is 1.23 bits per heavy atom. The highest BCUT2D eigenvalue weighted by Crippen LogP contribution is 2.24. The molecular formula is C10H16N2O. The van der Waals surface area contributed by atoms with E-state index in [0.717, 1.165) is 11.4 Å². The maximum atomic E-state index is 10.9. The summed E-state index contributed by atoms with van der Waals surface area (Å²) in [6.45, 7) is 7.66. The largest absolute Gasteiger partial charge is 0.334 e. The van der Waals surface area contributed by atoms with Gasteiger partial charge in [-0.25, -0.2) is 0 Å². The van der Waals surface area contributed by atoms with Crippen molar-refractivity contribution in [1.82, 2.24) is 4.57 Å². The molecule has 72 valence electrons. The molecule has 0 aliphatic heterocycles. The van der Waals surface area contributed by atoms with Gasteiger partial charge in [-0.3, -0.25) is 4.79 Å². The van der Waals surface area contributed by atoms with Gasteiger partial charge in [0.15, 0.2) is 0 Å². The lowest BCUT2D eigenvalue weighted by Gasteiger charge is -2.05. The molecule has 3 heteroatoms. The number of amides is 1. The SMILES string of the molecule is CC(=O)Nc1c(C)c(C)c(C)n1C. The average molecular weight is 180 g/mol. The molecule has 0 fully saturated rings. The van der Waals surface area contributed by atoms with Gasteiger partial charge in [-0.15, -0.1) is 0 Å². The van der Waals surface area contributed by atoms with Crippen LogP contribution in [0.5, 0.6) is 0 Å². The van der Waals surface area contributed by atoms with Crippen molar-refractivity contribution < 1.29 is 4.79 Å². The smallest absolute Gasteiger partial charge is 0.222 e. The number of nitrogens with one attached hydrogen (secondary N) is 1. The van der Waals surface area contributed by atoms with Crippen LogP contribution in [0, 0.1) is 20.8 Å². The van der Waals surface area contributed by atoms with Crippen LogP contribution in [-0.4, -0.2) is 10.5 Å². The molecule has 1 N–H and O–H groups in total. The highest BCUT2D eigenvalue weighted by molar-refractivity contribution is 5.89. The minimum absolute atomic E-state index is 0.0244. The van der Waals surface area contributed by atoms with Gasteiger partial charge in [-0.2, -0.15) is 0 Å². The Labute approximate surface area is 78.8 Å². The second-order valence-electron chi connectivity index (χ2n) is 3.42. The third-order valence-corrected chi connectivity index (χ3v) is 2.59. The van der Waals surface area contributed by atoms with Gasteiger partial charge in [-0.05, 0) is 31.9 Å². The van der Waals surface area contributed by atoms with Gasteiger partial charge in [-0.1, -0.05) is 0 Å². The van der Waals surface area contributed by atoms with Crippen molar-refractivity contribution in [3.63, 3.8) is 0 Å². The molecule has 0 saturated heterocycles. The summed E-state index contributed by atoms with van der Waals surface area (Å²) in [4.78, 5) is 10.9. The fraction of sp³-hybridized carbons (Fsp3) is 0.500. The lowest BCUT2D eigenvalue weighted by Crippen LogP contribution is -2.10. The molecule has 0 aliphatic carbocycles. The normalized spacial score (nSPS) is 10.2. The van der Waals surface area contributed by atoms with Gasteiger partial charge in [0.2, 0.25) is 5.91 Å². The monoisotopic (exact) mass is 180 g/mol. The Hall–Kier alpha value is -1.25. The maximum Gasteiger partial charge on any atom is 0.222 e. The molecule has 1 amide bonds. The van der Waals surface area contributed by atoms with Crippen LogP contribution in [-0.2, 0) is 11.8 Å². The molecule has 0 bridgehead atoms. The predicted molar refractivity (Wildman–Crippen MR) is 53.9 cm³/mol. The van der Waals surface area contributed by atoms with E-state index in [9.17, 15) is 4.79 Å². The zero-order chi connectivity index (χ0) is 10.2. The average Bonchev–Trinajstić information content (AvgIpc) is 2.22. The van der Waals surface area contributed by atoms with E-state index in [0.29, 0.717) is 0 Å². The second kappa shape index (κ2) is 3.24. The van der Waals surface area contributed by atoms with Crippen molar-refractivity contribution in [2.24, 2.45) is 7.05 Å². The lowest BCUT2D eigenvalue weighted by molar-refractivity contribution is -0.114. The molecule has 1 heterocycles. The van der Waals surface area contributed by atoms with Crippen LogP contribution in [0.4, 0.5) is 5.82 Å². The molecule has 0 aromatic carbocycles. The molecule has 1 rings (SSSR count). The first-order valence-corrected chi connectivity index (χ1v) is 4.35. The van der Waals surface area contributed by atoms with Crippen molar-refractivity contribution in [2.75, 3.05) is 5.32 Å². The van der Waals surface area contributed by atoms with Gasteiger partial charge in [0.25, 0.3) is 0 Å². The van der Waals surface area contributed by atoms with Crippen molar-refractivity contribution in [1.29, 1.82) is 0 Å². The fourth-order valence-corrected chi connectivity index (χ4v) is 1.46. The van der Waals surface area contributed by atoms with Gasteiger partial charge in [0, 0.05) is 19.7 Å². The molecule has 1 aromatic rings. The molecule has 3 nitrogen and oxygen atoms in total. The van der Waals surface area contributed by atoms with Crippen LogP contribution in [0.3, 0.4) is 0 Å². The summed E-state index contributed by atoms with van der Waals surface area (Å²) in [5.74, 6) is 0.881. The summed E-state index contributed by atoms with van der Waals surface area (Å²) in [7, 11) is 1.96. The first-order valence-electron chi connectivity index (χ1n) is 4.35. The van der Waals surface area contributed by atoms with Crippen LogP contribution >= 0.6 is 0 Å². The molecule has 0 spiro atoms. The Balaban J connectivity index is 3.21. The molecule has 13 heavy (non-hydrogen) atoms. The van der Waals surface area contributed by atoms with Crippen molar-refractivity contribution in [2.45, 2.75) is 27.7 Å². The molecule has 1 aromatic heterocycles. The van der Waals surface area contributed by atoms with Crippen molar-refractivity contribution in [3.8, 4) is 0 Å². The van der Waals surface area contributed by atoms with E-state index in [4.69, 9.17) is 0 Å². The van der Waals surface area contributed by atoms with Gasteiger partial charge in [0.1, 0.15) is 5.82 Å². The van der Waals surface area contributed by atoms with Gasteiger partial charge in [0.05, 0.1) is 0 Å². The summed E-state index contributed by atoms with van der Waals surface area (Å²) in [5, 5.41) is 2.83. The zero-order valence-corrected chi connectivity index (χ0v) is 8.86. The molecule has 0 radical (unpaired) electrons. The standard InChI is InChI=1S/C10H16N2O/c1-6-7(2)10(11-9(4)13)12(5)8(6)3/h1-5H3,(H,11,13). The van der Waals surface area contributed by atoms with Crippen molar-refractivity contribution >= 4 is 11.7 Å². The Morgan fingerprint density at radius 2 is 1.77 bits per heavy atom. The number of carbonyl (C=O) groups is 1. The first kappa shape index (κ1) is 9.84. The molecular weight excluding hydrogens is 164 g/mol. The van der Waals surface area contributed by atoms with Crippen molar-refractivity contribution in [3.05, 3.63) is 16.8 Å². The highest BCUT2D eigenvalue weighted by Gasteiger charge is 2.11. The van der Waals surface area contributed by atoms with Crippen LogP contribution < -0.4 is 5.32 Å². The summed E-state index contributed by atoms with van der Waals surface area (Å²) in [6.07, 6.45) is 0. The topological polar surface area (TPSA) is 34.0 Å². The number of hydrogen-bond acceptors (Lipinski definition) is 1. The lowest BCUT2D eigenvalue weighted by atomic mass is 10.2. The van der Waals surface area contributed by atoms with Crippen LogP contribution in [0.2, 0.25) is 0 Å². The summed E-state index contributed by atoms with van der Waals surface area (Å²) >= 11 is 0. The van der Waals surface area contributed by atoms with E-state index in [-0.39, 0.29) is 5.91 Å². The van der Waals surface area contributed by atoms with Gasteiger partial charge >= 0.3 is 0 Å². The van der Waals surface area contributed by atoms with Crippen LogP contribution in [0.1, 0.15) is 23.7 Å². The van der Waals surface area contributed by atoms with E-state index in [2.05, 4.69) is 12.2 Å². The molecule has 0 aliphatic rings. The molecule has 0 atom stereocenters. The highest BCUT2D eigenvalue weighted by atomic mass is 16.1. The Kier molecular flexibility index (Phi) is 2.45. The van der Waals surface area contributed by atoms with E-state index in [1.54, 1.807) is 0 Å². The number of carbonyl (C=O) groups excluding carboxylic acids is 1. The van der Waals surface area contributed by atoms with Crippen LogP contribution in [0.25, 0.3) is 0 Å². The minimum Gasteiger partial charge on any atom is -0.334 e. The van der Waals surface area contributed by atoms with Crippen LogP contribution in [0.15, 0.2) is 0 Å². The number of aromatic nitrogens is 1. The number of nitrogens with zero attached hydrogens (tertiary/aromatic N) is 1. The second-order valence-corrected chi connectivity index (χ2v) is 3.42. The fourth-order valence-electron chi connectivity index (χ4n) is 1.46. The summed E-state index contributed by atoms with van der Waals surface area (Å²) in [5.41, 5.74) is 3.59. The van der Waals surface area contributed by atoms with E-state index in [1.165, 1.54) is 18.2 Å².